The van der Waals surface area contributed by atoms with Gasteiger partial charge in [0.15, 0.2) is 0 Å². The molecule has 0 aliphatic rings. The third-order valence-electron chi connectivity index (χ3n) is 2.80. The highest BCUT2D eigenvalue weighted by Crippen LogP contribution is 2.13. The van der Waals surface area contributed by atoms with Gasteiger partial charge in [-0.1, -0.05) is 13.0 Å². The standard InChI is InChI=1S/C13H14FN3O/c1-2-12-16-5-6-17(12)8-10-4-3-9(13(15)18)7-11(10)14/h3-7H,2,8H2,1H3,(H2,15,18). The lowest BCUT2D eigenvalue weighted by molar-refractivity contribution is 0.1000. The molecule has 0 unspecified atom stereocenters. The molecule has 1 heterocycles. The lowest BCUT2D eigenvalue weighted by Crippen LogP contribution is -2.12. The molecule has 0 aliphatic heterocycles. The second-order valence-corrected chi connectivity index (χ2v) is 4.00. The number of imidazole rings is 1. The molecule has 0 bridgehead atoms. The summed E-state index contributed by atoms with van der Waals surface area (Å²) >= 11 is 0. The number of carbonyl (C=O) groups is 1. The Morgan fingerprint density at radius 3 is 2.89 bits per heavy atom. The van der Waals surface area contributed by atoms with Crippen LogP contribution in [0.4, 0.5) is 4.39 Å². The van der Waals surface area contributed by atoms with Crippen molar-refractivity contribution in [1.29, 1.82) is 0 Å². The molecule has 2 aromatic rings. The van der Waals surface area contributed by atoms with E-state index in [0.717, 1.165) is 12.2 Å². The molecule has 0 aliphatic carbocycles. The predicted octanol–water partition coefficient (Wildman–Crippen LogP) is 1.73. The van der Waals surface area contributed by atoms with Crippen molar-refractivity contribution in [2.45, 2.75) is 19.9 Å². The van der Waals surface area contributed by atoms with Gasteiger partial charge in [0.1, 0.15) is 11.6 Å². The zero-order valence-corrected chi connectivity index (χ0v) is 10.1. The van der Waals surface area contributed by atoms with Gasteiger partial charge in [-0.2, -0.15) is 0 Å². The second kappa shape index (κ2) is 5.00. The normalized spacial score (nSPS) is 10.6. The van der Waals surface area contributed by atoms with Gasteiger partial charge in [-0.15, -0.1) is 0 Å². The quantitative estimate of drug-likeness (QED) is 0.894. The summed E-state index contributed by atoms with van der Waals surface area (Å²) in [4.78, 5) is 15.1. The second-order valence-electron chi connectivity index (χ2n) is 4.00. The zero-order valence-electron chi connectivity index (χ0n) is 10.1. The van der Waals surface area contributed by atoms with Crippen molar-refractivity contribution in [3.8, 4) is 0 Å². The van der Waals surface area contributed by atoms with Crippen LogP contribution in [0.3, 0.4) is 0 Å². The van der Waals surface area contributed by atoms with Crippen molar-refractivity contribution in [2.75, 3.05) is 0 Å². The fourth-order valence-electron chi connectivity index (χ4n) is 1.81. The number of benzene rings is 1. The van der Waals surface area contributed by atoms with E-state index in [1.54, 1.807) is 18.5 Å². The number of primary amides is 1. The van der Waals surface area contributed by atoms with E-state index < -0.39 is 11.7 Å². The average molecular weight is 247 g/mol. The van der Waals surface area contributed by atoms with Gasteiger partial charge < -0.3 is 10.3 Å². The van der Waals surface area contributed by atoms with Crippen molar-refractivity contribution in [1.82, 2.24) is 9.55 Å². The summed E-state index contributed by atoms with van der Waals surface area (Å²) in [6.07, 6.45) is 4.28. The van der Waals surface area contributed by atoms with Crippen LogP contribution in [0.1, 0.15) is 28.7 Å². The largest absolute Gasteiger partial charge is 0.366 e. The van der Waals surface area contributed by atoms with Gasteiger partial charge in [-0.25, -0.2) is 9.37 Å². The van der Waals surface area contributed by atoms with Gasteiger partial charge >= 0.3 is 0 Å². The molecule has 94 valence electrons. The summed E-state index contributed by atoms with van der Waals surface area (Å²) in [6, 6.07) is 4.28. The summed E-state index contributed by atoms with van der Waals surface area (Å²) in [5.74, 6) is -0.159. The number of rotatable bonds is 4. The van der Waals surface area contributed by atoms with Crippen LogP contribution in [-0.2, 0) is 13.0 Å². The third-order valence-corrected chi connectivity index (χ3v) is 2.80. The number of amides is 1. The van der Waals surface area contributed by atoms with Crippen LogP contribution in [0.15, 0.2) is 30.6 Å². The number of nitrogens with zero attached hydrogens (tertiary/aromatic N) is 2. The van der Waals surface area contributed by atoms with Gasteiger partial charge in [0.05, 0.1) is 6.54 Å². The Bertz CT molecular complexity index is 577. The van der Waals surface area contributed by atoms with Gasteiger partial charge in [0.25, 0.3) is 0 Å². The molecule has 2 N–H and O–H groups in total. The smallest absolute Gasteiger partial charge is 0.248 e. The topological polar surface area (TPSA) is 60.9 Å². The third kappa shape index (κ3) is 2.40. The summed E-state index contributed by atoms with van der Waals surface area (Å²) in [6.45, 7) is 2.39. The first-order valence-corrected chi connectivity index (χ1v) is 5.70. The average Bonchev–Trinajstić information content (AvgIpc) is 2.78. The van der Waals surface area contributed by atoms with Gasteiger partial charge in [0, 0.05) is 29.9 Å². The lowest BCUT2D eigenvalue weighted by atomic mass is 10.1. The van der Waals surface area contributed by atoms with Crippen molar-refractivity contribution < 1.29 is 9.18 Å². The van der Waals surface area contributed by atoms with Crippen molar-refractivity contribution in [3.05, 3.63) is 53.4 Å². The van der Waals surface area contributed by atoms with Crippen LogP contribution < -0.4 is 5.73 Å². The Morgan fingerprint density at radius 2 is 2.28 bits per heavy atom. The minimum absolute atomic E-state index is 0.178. The summed E-state index contributed by atoms with van der Waals surface area (Å²) in [7, 11) is 0. The van der Waals surface area contributed by atoms with Crippen molar-refractivity contribution in [2.24, 2.45) is 5.73 Å². The Labute approximate surface area is 104 Å². The molecule has 4 nitrogen and oxygen atoms in total. The van der Waals surface area contributed by atoms with Crippen LogP contribution >= 0.6 is 0 Å². The van der Waals surface area contributed by atoms with E-state index in [1.165, 1.54) is 12.1 Å². The fourth-order valence-corrected chi connectivity index (χ4v) is 1.81. The number of hydrogen-bond donors (Lipinski definition) is 1. The number of aryl methyl sites for hydroxylation is 1. The molecule has 0 saturated carbocycles. The van der Waals surface area contributed by atoms with Crippen molar-refractivity contribution >= 4 is 5.91 Å². The maximum Gasteiger partial charge on any atom is 0.248 e. The Morgan fingerprint density at radius 1 is 1.50 bits per heavy atom. The van der Waals surface area contributed by atoms with Crippen LogP contribution in [0.2, 0.25) is 0 Å². The lowest BCUT2D eigenvalue weighted by Gasteiger charge is -2.08. The highest BCUT2D eigenvalue weighted by atomic mass is 19.1. The molecule has 0 saturated heterocycles. The maximum absolute atomic E-state index is 13.8. The molecule has 18 heavy (non-hydrogen) atoms. The van der Waals surface area contributed by atoms with Crippen LogP contribution in [0, 0.1) is 5.82 Å². The number of nitrogens with two attached hydrogens (primary N) is 1. The molecule has 1 aromatic heterocycles. The first-order valence-electron chi connectivity index (χ1n) is 5.70. The summed E-state index contributed by atoms with van der Waals surface area (Å²) < 4.78 is 15.7. The van der Waals surface area contributed by atoms with Gasteiger partial charge in [0.2, 0.25) is 5.91 Å². The molecular weight excluding hydrogens is 233 g/mol. The maximum atomic E-state index is 13.8. The zero-order chi connectivity index (χ0) is 13.1. The van der Waals surface area contributed by atoms with Crippen LogP contribution in [-0.4, -0.2) is 15.5 Å². The monoisotopic (exact) mass is 247 g/mol. The number of halogens is 1. The number of carbonyl (C=O) groups excluding carboxylic acids is 1. The molecule has 0 radical (unpaired) electrons. The van der Waals surface area contributed by atoms with Crippen LogP contribution in [0.25, 0.3) is 0 Å². The summed E-state index contributed by atoms with van der Waals surface area (Å²) in [5.41, 5.74) is 5.78. The van der Waals surface area contributed by atoms with E-state index in [2.05, 4.69) is 4.98 Å². The number of hydrogen-bond acceptors (Lipinski definition) is 2. The van der Waals surface area contributed by atoms with Gasteiger partial charge in [-0.05, 0) is 12.1 Å². The molecule has 5 heteroatoms. The first kappa shape index (κ1) is 12.3. The summed E-state index contributed by atoms with van der Waals surface area (Å²) in [5, 5.41) is 0. The van der Waals surface area contributed by atoms with E-state index >= 15 is 0 Å². The highest BCUT2D eigenvalue weighted by Gasteiger charge is 2.09. The first-order chi connectivity index (χ1) is 8.61. The molecule has 0 fully saturated rings. The Hall–Kier alpha value is -2.17. The van der Waals surface area contributed by atoms with E-state index in [0.29, 0.717) is 12.1 Å². The van der Waals surface area contributed by atoms with Gasteiger partial charge in [-0.3, -0.25) is 4.79 Å². The van der Waals surface area contributed by atoms with E-state index in [1.807, 2.05) is 11.5 Å². The Balaban J connectivity index is 2.27. The molecule has 1 aromatic carbocycles. The fraction of sp³-hybridized carbons (Fsp3) is 0.231. The highest BCUT2D eigenvalue weighted by molar-refractivity contribution is 5.92. The molecule has 1 amide bonds. The SMILES string of the molecule is CCc1nccn1Cc1ccc(C(N)=O)cc1F. The minimum atomic E-state index is -0.627. The predicted molar refractivity (Wildman–Crippen MR) is 65.6 cm³/mol. The van der Waals surface area contributed by atoms with E-state index in [-0.39, 0.29) is 5.56 Å². The van der Waals surface area contributed by atoms with Crippen LogP contribution in [0.5, 0.6) is 0 Å². The minimum Gasteiger partial charge on any atom is -0.366 e. The molecule has 0 spiro atoms. The molecular formula is C13H14FN3O. The molecule has 0 atom stereocenters. The van der Waals surface area contributed by atoms with E-state index in [4.69, 9.17) is 5.73 Å². The van der Waals surface area contributed by atoms with E-state index in [9.17, 15) is 9.18 Å². The Kier molecular flexibility index (Phi) is 3.41. The number of aromatic nitrogens is 2. The molecule has 2 rings (SSSR count). The van der Waals surface area contributed by atoms with Crippen molar-refractivity contribution in [3.63, 3.8) is 0 Å².